The van der Waals surface area contributed by atoms with E-state index >= 15 is 0 Å². The van der Waals surface area contributed by atoms with Crippen molar-refractivity contribution in [3.63, 3.8) is 0 Å². The van der Waals surface area contributed by atoms with Gasteiger partial charge in [-0.3, -0.25) is 4.79 Å². The lowest BCUT2D eigenvalue weighted by atomic mass is 10.0. The SMILES string of the molecule is CCC(CC)C(=O)NCCn1nc([C@@H]2CCNC2)c2nccnc21. The topological polar surface area (TPSA) is 84.7 Å². The van der Waals surface area contributed by atoms with Gasteiger partial charge in [-0.2, -0.15) is 5.10 Å². The van der Waals surface area contributed by atoms with E-state index in [0.717, 1.165) is 49.2 Å². The molecule has 1 atom stereocenters. The Labute approximate surface area is 142 Å². The predicted octanol–water partition coefficient (Wildman–Crippen LogP) is 1.46. The van der Waals surface area contributed by atoms with Crippen molar-refractivity contribution in [2.75, 3.05) is 19.6 Å². The Hall–Kier alpha value is -2.02. The molecule has 7 nitrogen and oxygen atoms in total. The highest BCUT2D eigenvalue weighted by Crippen LogP contribution is 2.26. The lowest BCUT2D eigenvalue weighted by Gasteiger charge is -2.12. The first-order chi connectivity index (χ1) is 11.7. The summed E-state index contributed by atoms with van der Waals surface area (Å²) in [7, 11) is 0. The smallest absolute Gasteiger partial charge is 0.223 e. The van der Waals surface area contributed by atoms with Crippen molar-refractivity contribution in [1.82, 2.24) is 30.4 Å². The number of carbonyl (C=O) groups excluding carboxylic acids is 1. The normalized spacial score (nSPS) is 17.7. The average molecular weight is 330 g/mol. The molecular formula is C17H26N6O. The minimum absolute atomic E-state index is 0.0966. The van der Waals surface area contributed by atoms with E-state index in [2.05, 4.69) is 20.6 Å². The zero-order chi connectivity index (χ0) is 16.9. The van der Waals surface area contributed by atoms with Gasteiger partial charge in [0.05, 0.1) is 12.2 Å². The Morgan fingerprint density at radius 3 is 2.88 bits per heavy atom. The number of nitrogens with zero attached hydrogens (tertiary/aromatic N) is 4. The first-order valence-corrected chi connectivity index (χ1v) is 8.90. The molecule has 7 heteroatoms. The molecule has 1 aliphatic rings. The molecule has 1 fully saturated rings. The van der Waals surface area contributed by atoms with Crippen LogP contribution >= 0.6 is 0 Å². The minimum Gasteiger partial charge on any atom is -0.354 e. The van der Waals surface area contributed by atoms with Crippen molar-refractivity contribution in [1.29, 1.82) is 0 Å². The van der Waals surface area contributed by atoms with Crippen LogP contribution in [0.2, 0.25) is 0 Å². The van der Waals surface area contributed by atoms with Gasteiger partial charge in [0, 0.05) is 37.3 Å². The average Bonchev–Trinajstić information content (AvgIpc) is 3.24. The van der Waals surface area contributed by atoms with E-state index < -0.39 is 0 Å². The number of hydrogen-bond donors (Lipinski definition) is 2. The Morgan fingerprint density at radius 2 is 2.17 bits per heavy atom. The molecule has 0 aliphatic carbocycles. The number of amides is 1. The first kappa shape index (κ1) is 16.8. The van der Waals surface area contributed by atoms with Crippen molar-refractivity contribution in [2.24, 2.45) is 5.92 Å². The second-order valence-electron chi connectivity index (χ2n) is 6.33. The largest absolute Gasteiger partial charge is 0.354 e. The van der Waals surface area contributed by atoms with Gasteiger partial charge in [0.25, 0.3) is 0 Å². The molecule has 130 valence electrons. The van der Waals surface area contributed by atoms with Crippen LogP contribution < -0.4 is 10.6 Å². The maximum Gasteiger partial charge on any atom is 0.223 e. The highest BCUT2D eigenvalue weighted by molar-refractivity contribution is 5.78. The molecule has 1 amide bonds. The summed E-state index contributed by atoms with van der Waals surface area (Å²) < 4.78 is 1.88. The van der Waals surface area contributed by atoms with E-state index in [0.29, 0.717) is 19.0 Å². The number of fused-ring (bicyclic) bond motifs is 1. The van der Waals surface area contributed by atoms with Gasteiger partial charge in [0.15, 0.2) is 5.65 Å². The van der Waals surface area contributed by atoms with Gasteiger partial charge >= 0.3 is 0 Å². The molecule has 24 heavy (non-hydrogen) atoms. The molecule has 2 aromatic rings. The van der Waals surface area contributed by atoms with Crippen molar-refractivity contribution < 1.29 is 4.79 Å². The molecule has 0 saturated carbocycles. The Morgan fingerprint density at radius 1 is 1.38 bits per heavy atom. The predicted molar refractivity (Wildman–Crippen MR) is 92.6 cm³/mol. The van der Waals surface area contributed by atoms with Crippen LogP contribution in [0.15, 0.2) is 12.4 Å². The van der Waals surface area contributed by atoms with E-state index in [-0.39, 0.29) is 11.8 Å². The lowest BCUT2D eigenvalue weighted by Crippen LogP contribution is -2.32. The molecule has 0 aromatic carbocycles. The zero-order valence-corrected chi connectivity index (χ0v) is 14.5. The van der Waals surface area contributed by atoms with Gasteiger partial charge in [-0.05, 0) is 25.8 Å². The van der Waals surface area contributed by atoms with Crippen LogP contribution in [0.25, 0.3) is 11.2 Å². The first-order valence-electron chi connectivity index (χ1n) is 8.90. The van der Waals surface area contributed by atoms with Crippen LogP contribution in [-0.4, -0.2) is 45.3 Å². The van der Waals surface area contributed by atoms with Crippen molar-refractivity contribution in [3.05, 3.63) is 18.1 Å². The molecule has 0 spiro atoms. The molecule has 1 aliphatic heterocycles. The Bertz CT molecular complexity index is 687. The molecule has 2 N–H and O–H groups in total. The number of nitrogens with one attached hydrogen (secondary N) is 2. The van der Waals surface area contributed by atoms with Gasteiger partial charge < -0.3 is 10.6 Å². The summed E-state index contributed by atoms with van der Waals surface area (Å²) in [6.45, 7) is 7.23. The third-order valence-corrected chi connectivity index (χ3v) is 4.82. The van der Waals surface area contributed by atoms with E-state index in [1.54, 1.807) is 12.4 Å². The number of rotatable bonds is 7. The van der Waals surface area contributed by atoms with Gasteiger partial charge in [-0.1, -0.05) is 13.8 Å². The van der Waals surface area contributed by atoms with Crippen LogP contribution in [0, 0.1) is 5.92 Å². The molecule has 1 saturated heterocycles. The Kier molecular flexibility index (Phi) is 5.40. The van der Waals surface area contributed by atoms with Gasteiger partial charge in [-0.25, -0.2) is 14.6 Å². The van der Waals surface area contributed by atoms with Crippen molar-refractivity contribution in [3.8, 4) is 0 Å². The quantitative estimate of drug-likeness (QED) is 0.803. The van der Waals surface area contributed by atoms with E-state index in [1.165, 1.54) is 0 Å². The summed E-state index contributed by atoms with van der Waals surface area (Å²) in [6, 6.07) is 0. The summed E-state index contributed by atoms with van der Waals surface area (Å²) in [5.74, 6) is 0.617. The second kappa shape index (κ2) is 7.70. The monoisotopic (exact) mass is 330 g/mol. The van der Waals surface area contributed by atoms with Crippen molar-refractivity contribution in [2.45, 2.75) is 45.6 Å². The van der Waals surface area contributed by atoms with Crippen LogP contribution in [0.5, 0.6) is 0 Å². The third-order valence-electron chi connectivity index (χ3n) is 4.82. The standard InChI is InChI=1S/C17H26N6O/c1-3-12(4-2)17(24)21-9-10-23-16-15(19-7-8-20-16)14(22-23)13-5-6-18-11-13/h7-8,12-13,18H,3-6,9-11H2,1-2H3,(H,21,24)/t13-/m1/s1. The fourth-order valence-corrected chi connectivity index (χ4v) is 3.33. The molecule has 3 heterocycles. The van der Waals surface area contributed by atoms with Gasteiger partial charge in [-0.15, -0.1) is 0 Å². The summed E-state index contributed by atoms with van der Waals surface area (Å²) in [5, 5.41) is 11.1. The fraction of sp³-hybridized carbons (Fsp3) is 0.647. The van der Waals surface area contributed by atoms with E-state index in [9.17, 15) is 4.79 Å². The van der Waals surface area contributed by atoms with Crippen LogP contribution in [-0.2, 0) is 11.3 Å². The summed E-state index contributed by atoms with van der Waals surface area (Å²) in [6.07, 6.45) is 6.23. The van der Waals surface area contributed by atoms with E-state index in [1.807, 2.05) is 18.5 Å². The maximum atomic E-state index is 12.1. The number of aromatic nitrogens is 4. The fourth-order valence-electron chi connectivity index (χ4n) is 3.33. The number of hydrogen-bond acceptors (Lipinski definition) is 5. The Balaban J connectivity index is 1.72. The molecule has 0 bridgehead atoms. The maximum absolute atomic E-state index is 12.1. The molecule has 3 rings (SSSR count). The molecule has 2 aromatic heterocycles. The second-order valence-corrected chi connectivity index (χ2v) is 6.33. The molecule has 0 radical (unpaired) electrons. The van der Waals surface area contributed by atoms with Crippen molar-refractivity contribution >= 4 is 17.1 Å². The highest BCUT2D eigenvalue weighted by Gasteiger charge is 2.24. The lowest BCUT2D eigenvalue weighted by molar-refractivity contribution is -0.125. The minimum atomic E-state index is 0.0966. The molecular weight excluding hydrogens is 304 g/mol. The third kappa shape index (κ3) is 3.40. The summed E-state index contributed by atoms with van der Waals surface area (Å²) in [4.78, 5) is 21.0. The van der Waals surface area contributed by atoms with Crippen LogP contribution in [0.3, 0.4) is 0 Å². The highest BCUT2D eigenvalue weighted by atomic mass is 16.1. The summed E-state index contributed by atoms with van der Waals surface area (Å²) >= 11 is 0. The van der Waals surface area contributed by atoms with Crippen LogP contribution in [0.1, 0.15) is 44.7 Å². The summed E-state index contributed by atoms with van der Waals surface area (Å²) in [5.41, 5.74) is 2.71. The van der Waals surface area contributed by atoms with Gasteiger partial charge in [0.1, 0.15) is 5.52 Å². The zero-order valence-electron chi connectivity index (χ0n) is 14.5. The van der Waals surface area contributed by atoms with Gasteiger partial charge in [0.2, 0.25) is 5.91 Å². The van der Waals surface area contributed by atoms with E-state index in [4.69, 9.17) is 5.10 Å². The molecule has 0 unspecified atom stereocenters. The number of carbonyl (C=O) groups is 1. The van der Waals surface area contributed by atoms with Crippen LogP contribution in [0.4, 0.5) is 0 Å².